The number of hydrogen-bond acceptors (Lipinski definition) is 3. The van der Waals surface area contributed by atoms with Crippen LogP contribution in [0, 0.1) is 0 Å². The molecule has 0 bridgehead atoms. The largest absolute Gasteiger partial charge is 0.383 e. The third-order valence-electron chi connectivity index (χ3n) is 2.39. The fourth-order valence-corrected chi connectivity index (χ4v) is 1.56. The van der Waals surface area contributed by atoms with Crippen molar-refractivity contribution in [1.82, 2.24) is 14.3 Å². The van der Waals surface area contributed by atoms with Crippen molar-refractivity contribution in [2.45, 2.75) is 6.42 Å². The van der Waals surface area contributed by atoms with Crippen LogP contribution in [-0.4, -0.2) is 34.2 Å². The summed E-state index contributed by atoms with van der Waals surface area (Å²) in [5.41, 5.74) is 1.88. The summed E-state index contributed by atoms with van der Waals surface area (Å²) in [6.45, 7) is 0. The van der Waals surface area contributed by atoms with Crippen molar-refractivity contribution in [1.29, 1.82) is 0 Å². The van der Waals surface area contributed by atoms with Gasteiger partial charge in [0.15, 0.2) is 5.78 Å². The molecule has 0 amide bonds. The minimum Gasteiger partial charge on any atom is -0.383 e. The fraction of sp³-hybridized carbons (Fsp3) is 0.231. The zero-order chi connectivity index (χ0) is 12.3. The molecular formula is C13H15N3O. The lowest BCUT2D eigenvalue weighted by atomic mass is 10.1. The van der Waals surface area contributed by atoms with E-state index in [1.807, 2.05) is 47.9 Å². The van der Waals surface area contributed by atoms with Crippen LogP contribution in [0.2, 0.25) is 0 Å². The molecule has 0 atom stereocenters. The molecule has 0 saturated heterocycles. The Morgan fingerprint density at radius 2 is 2.29 bits per heavy atom. The maximum atomic E-state index is 11.7. The molecule has 4 heteroatoms. The van der Waals surface area contributed by atoms with Crippen molar-refractivity contribution in [2.75, 3.05) is 14.1 Å². The zero-order valence-corrected chi connectivity index (χ0v) is 10.00. The first-order valence-electron chi connectivity index (χ1n) is 5.44. The molecule has 0 aromatic carbocycles. The lowest BCUT2D eigenvalue weighted by molar-refractivity contribution is -0.114. The summed E-state index contributed by atoms with van der Waals surface area (Å²) in [6.07, 6.45) is 9.32. The van der Waals surface area contributed by atoms with E-state index in [0.717, 1.165) is 11.2 Å². The predicted molar refractivity (Wildman–Crippen MR) is 66.7 cm³/mol. The fourth-order valence-electron chi connectivity index (χ4n) is 1.56. The van der Waals surface area contributed by atoms with E-state index in [4.69, 9.17) is 0 Å². The van der Waals surface area contributed by atoms with Crippen LogP contribution < -0.4 is 0 Å². The third-order valence-corrected chi connectivity index (χ3v) is 2.39. The normalized spacial score (nSPS) is 11.2. The molecule has 0 aliphatic rings. The Bertz CT molecular complexity index is 555. The van der Waals surface area contributed by atoms with Crippen LogP contribution >= 0.6 is 0 Å². The number of pyridine rings is 1. The van der Waals surface area contributed by atoms with Gasteiger partial charge in [0, 0.05) is 45.3 Å². The number of carbonyl (C=O) groups is 1. The van der Waals surface area contributed by atoms with Crippen molar-refractivity contribution in [2.24, 2.45) is 0 Å². The molecule has 0 spiro atoms. The minimum atomic E-state index is 0.0955. The van der Waals surface area contributed by atoms with Crippen LogP contribution in [0.25, 0.3) is 5.65 Å². The molecule has 2 aromatic rings. The number of hydrogen-bond donors (Lipinski definition) is 0. The van der Waals surface area contributed by atoms with Gasteiger partial charge >= 0.3 is 0 Å². The van der Waals surface area contributed by atoms with Crippen LogP contribution in [0.3, 0.4) is 0 Å². The van der Waals surface area contributed by atoms with Gasteiger partial charge < -0.3 is 9.30 Å². The first-order chi connectivity index (χ1) is 8.15. The molecule has 0 fully saturated rings. The molecule has 0 unspecified atom stereocenters. The standard InChI is InChI=1S/C13H15N3O/c1-15(2)7-5-12(17)9-11-3-4-13-14-6-8-16(13)10-11/h3-8,10H,9H2,1-2H3/b7-5+. The summed E-state index contributed by atoms with van der Waals surface area (Å²) < 4.78 is 1.91. The van der Waals surface area contributed by atoms with Gasteiger partial charge in [-0.05, 0) is 17.7 Å². The van der Waals surface area contributed by atoms with E-state index in [0.29, 0.717) is 6.42 Å². The number of fused-ring (bicyclic) bond motifs is 1. The summed E-state index contributed by atoms with van der Waals surface area (Å²) in [5, 5.41) is 0. The van der Waals surface area contributed by atoms with Crippen molar-refractivity contribution in [3.05, 3.63) is 48.6 Å². The second-order valence-electron chi connectivity index (χ2n) is 4.15. The molecule has 0 N–H and O–H groups in total. The van der Waals surface area contributed by atoms with Crippen molar-refractivity contribution in [3.8, 4) is 0 Å². The number of aromatic nitrogens is 2. The number of nitrogens with zero attached hydrogens (tertiary/aromatic N) is 3. The number of carbonyl (C=O) groups excluding carboxylic acids is 1. The van der Waals surface area contributed by atoms with Gasteiger partial charge in [-0.3, -0.25) is 4.79 Å². The zero-order valence-electron chi connectivity index (χ0n) is 10.00. The van der Waals surface area contributed by atoms with Crippen molar-refractivity contribution < 1.29 is 4.79 Å². The van der Waals surface area contributed by atoms with E-state index in [1.165, 1.54) is 0 Å². The van der Waals surface area contributed by atoms with E-state index >= 15 is 0 Å². The molecule has 17 heavy (non-hydrogen) atoms. The first-order valence-corrected chi connectivity index (χ1v) is 5.44. The number of rotatable bonds is 4. The highest BCUT2D eigenvalue weighted by Gasteiger charge is 2.01. The highest BCUT2D eigenvalue weighted by Crippen LogP contribution is 2.06. The van der Waals surface area contributed by atoms with E-state index in [1.54, 1.807) is 18.5 Å². The average Bonchev–Trinajstić information content (AvgIpc) is 2.73. The number of ketones is 1. The van der Waals surface area contributed by atoms with E-state index in [9.17, 15) is 4.79 Å². The molecule has 0 saturated carbocycles. The highest BCUT2D eigenvalue weighted by molar-refractivity contribution is 5.91. The van der Waals surface area contributed by atoms with Gasteiger partial charge in [0.05, 0.1) is 0 Å². The van der Waals surface area contributed by atoms with Gasteiger partial charge in [-0.25, -0.2) is 4.98 Å². The number of imidazole rings is 1. The quantitative estimate of drug-likeness (QED) is 0.746. The van der Waals surface area contributed by atoms with Gasteiger partial charge in [0.25, 0.3) is 0 Å². The molecule has 2 heterocycles. The molecule has 88 valence electrons. The summed E-state index contributed by atoms with van der Waals surface area (Å²) in [5.74, 6) is 0.0955. The second kappa shape index (κ2) is 4.82. The topological polar surface area (TPSA) is 37.6 Å². The Labute approximate surface area is 100 Å². The summed E-state index contributed by atoms with van der Waals surface area (Å²) in [7, 11) is 3.78. The van der Waals surface area contributed by atoms with Crippen LogP contribution in [0.4, 0.5) is 0 Å². The SMILES string of the molecule is CN(C)/C=C/C(=O)Cc1ccc2nccn2c1. The van der Waals surface area contributed by atoms with Crippen molar-refractivity contribution in [3.63, 3.8) is 0 Å². The Morgan fingerprint density at radius 3 is 3.06 bits per heavy atom. The number of allylic oxidation sites excluding steroid dienone is 1. The van der Waals surface area contributed by atoms with Crippen LogP contribution in [0.15, 0.2) is 43.0 Å². The van der Waals surface area contributed by atoms with E-state index < -0.39 is 0 Å². The molecule has 0 radical (unpaired) electrons. The van der Waals surface area contributed by atoms with Crippen LogP contribution in [-0.2, 0) is 11.2 Å². The maximum absolute atomic E-state index is 11.7. The van der Waals surface area contributed by atoms with Crippen molar-refractivity contribution >= 4 is 11.4 Å². The highest BCUT2D eigenvalue weighted by atomic mass is 16.1. The molecule has 2 rings (SSSR count). The van der Waals surface area contributed by atoms with Gasteiger partial charge in [0.1, 0.15) is 5.65 Å². The van der Waals surface area contributed by atoms with Gasteiger partial charge in [-0.1, -0.05) is 6.07 Å². The Morgan fingerprint density at radius 1 is 1.47 bits per heavy atom. The van der Waals surface area contributed by atoms with Gasteiger partial charge in [-0.2, -0.15) is 0 Å². The van der Waals surface area contributed by atoms with Crippen LogP contribution in [0.1, 0.15) is 5.56 Å². The van der Waals surface area contributed by atoms with E-state index in [-0.39, 0.29) is 5.78 Å². The summed E-state index contributed by atoms with van der Waals surface area (Å²) in [4.78, 5) is 17.7. The van der Waals surface area contributed by atoms with E-state index in [2.05, 4.69) is 4.98 Å². The van der Waals surface area contributed by atoms with Gasteiger partial charge in [0.2, 0.25) is 0 Å². The predicted octanol–water partition coefficient (Wildman–Crippen LogP) is 1.52. The third kappa shape index (κ3) is 2.93. The van der Waals surface area contributed by atoms with Gasteiger partial charge in [-0.15, -0.1) is 0 Å². The Balaban J connectivity index is 2.10. The summed E-state index contributed by atoms with van der Waals surface area (Å²) >= 11 is 0. The molecule has 0 aliphatic heterocycles. The Hall–Kier alpha value is -2.10. The van der Waals surface area contributed by atoms with Crippen LogP contribution in [0.5, 0.6) is 0 Å². The monoisotopic (exact) mass is 229 g/mol. The molecule has 2 aromatic heterocycles. The second-order valence-corrected chi connectivity index (χ2v) is 4.15. The lowest BCUT2D eigenvalue weighted by Crippen LogP contribution is -2.05. The molecule has 0 aliphatic carbocycles. The average molecular weight is 229 g/mol. The molecular weight excluding hydrogens is 214 g/mol. The molecule has 4 nitrogen and oxygen atoms in total. The smallest absolute Gasteiger partial charge is 0.161 e. The maximum Gasteiger partial charge on any atom is 0.161 e. The Kier molecular flexibility index (Phi) is 3.23. The minimum absolute atomic E-state index is 0.0955. The summed E-state index contributed by atoms with van der Waals surface area (Å²) in [6, 6.07) is 3.85. The lowest BCUT2D eigenvalue weighted by Gasteiger charge is -2.03. The first kappa shape index (κ1) is 11.4.